The van der Waals surface area contributed by atoms with E-state index in [1.54, 1.807) is 6.08 Å². The molecule has 0 atom stereocenters. The predicted molar refractivity (Wildman–Crippen MR) is 79.7 cm³/mol. The molecule has 18 heavy (non-hydrogen) atoms. The van der Waals surface area contributed by atoms with Crippen molar-refractivity contribution < 1.29 is 13.6 Å². The molecule has 8 heteroatoms. The molecule has 0 amide bonds. The lowest BCUT2D eigenvalue weighted by molar-refractivity contribution is 0.227. The maximum Gasteiger partial charge on any atom is 0.357 e. The maximum atomic E-state index is 12.6. The third kappa shape index (κ3) is 7.59. The van der Waals surface area contributed by atoms with Crippen LogP contribution in [0, 0.1) is 0 Å². The van der Waals surface area contributed by atoms with Crippen LogP contribution in [0.1, 0.15) is 12.8 Å². The maximum absolute atomic E-state index is 12.6. The second-order valence-corrected chi connectivity index (χ2v) is 6.75. The SMILES string of the molecule is O=P(OCCCl)(OCCCl)/C(=C/CCCl)CCCl. The van der Waals surface area contributed by atoms with Gasteiger partial charge < -0.3 is 9.05 Å². The summed E-state index contributed by atoms with van der Waals surface area (Å²) in [5.74, 6) is 1.22. The van der Waals surface area contributed by atoms with E-state index >= 15 is 0 Å². The molecule has 0 aliphatic carbocycles. The summed E-state index contributed by atoms with van der Waals surface area (Å²) in [6.07, 6.45) is 2.74. The number of hydrogen-bond donors (Lipinski definition) is 0. The van der Waals surface area contributed by atoms with Crippen molar-refractivity contribution in [2.75, 3.05) is 36.7 Å². The van der Waals surface area contributed by atoms with Gasteiger partial charge in [-0.1, -0.05) is 6.08 Å². The van der Waals surface area contributed by atoms with Gasteiger partial charge >= 0.3 is 7.60 Å². The Morgan fingerprint density at radius 1 is 0.944 bits per heavy atom. The van der Waals surface area contributed by atoms with Crippen molar-refractivity contribution in [1.29, 1.82) is 0 Å². The normalized spacial score (nSPS) is 13.0. The molecule has 0 unspecified atom stereocenters. The highest BCUT2D eigenvalue weighted by molar-refractivity contribution is 7.58. The van der Waals surface area contributed by atoms with Crippen LogP contribution < -0.4 is 0 Å². The molecule has 0 bridgehead atoms. The van der Waals surface area contributed by atoms with E-state index in [1.807, 2.05) is 0 Å². The van der Waals surface area contributed by atoms with Gasteiger partial charge in [-0.2, -0.15) is 0 Å². The summed E-state index contributed by atoms with van der Waals surface area (Å²) in [6, 6.07) is 0. The zero-order chi connectivity index (χ0) is 13.9. The first-order chi connectivity index (χ1) is 8.64. The van der Waals surface area contributed by atoms with E-state index in [2.05, 4.69) is 0 Å². The highest BCUT2D eigenvalue weighted by atomic mass is 35.5. The smallest absolute Gasteiger partial charge is 0.304 e. The van der Waals surface area contributed by atoms with E-state index in [0.717, 1.165) is 0 Å². The van der Waals surface area contributed by atoms with Gasteiger partial charge in [-0.3, -0.25) is 4.57 Å². The van der Waals surface area contributed by atoms with Crippen molar-refractivity contribution in [3.63, 3.8) is 0 Å². The molecule has 0 aliphatic heterocycles. The monoisotopic (exact) mass is 356 g/mol. The molecule has 3 nitrogen and oxygen atoms in total. The number of hydrogen-bond acceptors (Lipinski definition) is 3. The molecule has 0 N–H and O–H groups in total. The van der Waals surface area contributed by atoms with Crippen LogP contribution in [0.3, 0.4) is 0 Å². The Labute approximate surface area is 128 Å². The van der Waals surface area contributed by atoms with Gasteiger partial charge in [0.25, 0.3) is 0 Å². The predicted octanol–water partition coefficient (Wildman–Crippen LogP) is 4.83. The fraction of sp³-hybridized carbons (Fsp3) is 0.800. The standard InChI is InChI=1S/C10H17Cl4O3P/c11-4-1-2-10(3-5-12)18(15,16-8-6-13)17-9-7-14/h2H,1,3-9H2/b10-2+. The van der Waals surface area contributed by atoms with Gasteiger partial charge in [-0.15, -0.1) is 46.4 Å². The lowest BCUT2D eigenvalue weighted by Gasteiger charge is -2.20. The first-order valence-electron chi connectivity index (χ1n) is 5.47. The molecule has 0 aromatic heterocycles. The van der Waals surface area contributed by atoms with Crippen molar-refractivity contribution >= 4 is 54.0 Å². The van der Waals surface area contributed by atoms with Crippen LogP contribution in [-0.2, 0) is 13.6 Å². The summed E-state index contributed by atoms with van der Waals surface area (Å²) < 4.78 is 23.1. The van der Waals surface area contributed by atoms with Gasteiger partial charge in [0.2, 0.25) is 0 Å². The first-order valence-corrected chi connectivity index (χ1v) is 9.15. The summed E-state index contributed by atoms with van der Waals surface area (Å²) in [7, 11) is -3.36. The first kappa shape index (κ1) is 19.1. The average Bonchev–Trinajstić information content (AvgIpc) is 2.38. The summed E-state index contributed by atoms with van der Waals surface area (Å²) in [5.41, 5.74) is 0. The lowest BCUT2D eigenvalue weighted by atomic mass is 10.3. The number of halogens is 4. The Morgan fingerprint density at radius 3 is 1.89 bits per heavy atom. The third-order valence-corrected chi connectivity index (χ3v) is 4.74. The van der Waals surface area contributed by atoms with Crippen LogP contribution in [0.5, 0.6) is 0 Å². The Hall–Kier alpha value is 1.05. The van der Waals surface area contributed by atoms with Crippen LogP contribution in [0.15, 0.2) is 11.4 Å². The molecule has 0 heterocycles. The fourth-order valence-corrected chi connectivity index (χ4v) is 3.80. The molecule has 0 aromatic rings. The zero-order valence-electron chi connectivity index (χ0n) is 9.92. The van der Waals surface area contributed by atoms with Crippen molar-refractivity contribution in [3.8, 4) is 0 Å². The van der Waals surface area contributed by atoms with E-state index in [9.17, 15) is 4.57 Å². The van der Waals surface area contributed by atoms with Crippen LogP contribution >= 0.6 is 54.0 Å². The van der Waals surface area contributed by atoms with E-state index < -0.39 is 7.60 Å². The van der Waals surface area contributed by atoms with Gasteiger partial charge in [0.05, 0.1) is 13.2 Å². The second-order valence-electron chi connectivity index (χ2n) is 3.15. The molecule has 0 saturated heterocycles. The summed E-state index contributed by atoms with van der Waals surface area (Å²) in [6.45, 7) is 0.281. The van der Waals surface area contributed by atoms with Crippen molar-refractivity contribution in [2.24, 2.45) is 0 Å². The summed E-state index contributed by atoms with van der Waals surface area (Å²) in [4.78, 5) is 0. The molecule has 108 valence electrons. The highest BCUT2D eigenvalue weighted by Gasteiger charge is 2.29. The van der Waals surface area contributed by atoms with Gasteiger partial charge in [0, 0.05) is 28.8 Å². The van der Waals surface area contributed by atoms with Crippen LogP contribution in [0.25, 0.3) is 0 Å². The quantitative estimate of drug-likeness (QED) is 0.392. The largest absolute Gasteiger partial charge is 0.357 e. The van der Waals surface area contributed by atoms with E-state index in [4.69, 9.17) is 55.5 Å². The molecule has 0 saturated carbocycles. The third-order valence-electron chi connectivity index (χ3n) is 1.87. The van der Waals surface area contributed by atoms with Gasteiger partial charge in [0.1, 0.15) is 0 Å². The summed E-state index contributed by atoms with van der Waals surface area (Å²) >= 11 is 22.4. The summed E-state index contributed by atoms with van der Waals surface area (Å²) in [5, 5.41) is 0.536. The molecular weight excluding hydrogens is 341 g/mol. The van der Waals surface area contributed by atoms with E-state index in [1.165, 1.54) is 0 Å². The van der Waals surface area contributed by atoms with Crippen molar-refractivity contribution in [2.45, 2.75) is 12.8 Å². The minimum Gasteiger partial charge on any atom is -0.304 e. The number of rotatable bonds is 11. The average molecular weight is 358 g/mol. The molecule has 0 rings (SSSR count). The zero-order valence-corrected chi connectivity index (χ0v) is 13.8. The van der Waals surface area contributed by atoms with Gasteiger partial charge in [-0.25, -0.2) is 0 Å². The molecule has 0 aliphatic rings. The van der Waals surface area contributed by atoms with Crippen molar-refractivity contribution in [3.05, 3.63) is 11.4 Å². The Kier molecular flexibility index (Phi) is 12.5. The molecule has 0 spiro atoms. The van der Waals surface area contributed by atoms with Gasteiger partial charge in [-0.05, 0) is 12.8 Å². The van der Waals surface area contributed by atoms with Gasteiger partial charge in [0.15, 0.2) is 0 Å². The topological polar surface area (TPSA) is 35.5 Å². The van der Waals surface area contributed by atoms with Crippen LogP contribution in [0.2, 0.25) is 0 Å². The minimum absolute atomic E-state index is 0.140. The Bertz CT molecular complexity index is 274. The number of alkyl halides is 4. The minimum atomic E-state index is -3.36. The van der Waals surface area contributed by atoms with Crippen LogP contribution in [0.4, 0.5) is 0 Å². The Balaban J connectivity index is 4.88. The number of allylic oxidation sites excluding steroid dienone is 2. The molecule has 0 fully saturated rings. The highest BCUT2D eigenvalue weighted by Crippen LogP contribution is 2.57. The van der Waals surface area contributed by atoms with Crippen LogP contribution in [-0.4, -0.2) is 36.7 Å². The lowest BCUT2D eigenvalue weighted by Crippen LogP contribution is -2.04. The fourth-order valence-electron chi connectivity index (χ4n) is 1.18. The second kappa shape index (κ2) is 11.8. The van der Waals surface area contributed by atoms with E-state index in [0.29, 0.717) is 29.9 Å². The molecule has 0 aromatic carbocycles. The van der Waals surface area contributed by atoms with Crippen molar-refractivity contribution in [1.82, 2.24) is 0 Å². The molecule has 0 radical (unpaired) electrons. The van der Waals surface area contributed by atoms with E-state index in [-0.39, 0.29) is 25.0 Å². The molecular formula is C10H17Cl4O3P. The Morgan fingerprint density at radius 2 is 1.50 bits per heavy atom.